The van der Waals surface area contributed by atoms with Crippen LogP contribution < -0.4 is 0 Å². The number of hydrogen-bond acceptors (Lipinski definition) is 5. The van der Waals surface area contributed by atoms with E-state index < -0.39 is 5.82 Å². The summed E-state index contributed by atoms with van der Waals surface area (Å²) in [6, 6.07) is 7.07. The van der Waals surface area contributed by atoms with Crippen LogP contribution in [0.15, 0.2) is 41.1 Å². The summed E-state index contributed by atoms with van der Waals surface area (Å²) in [6.45, 7) is 0. The molecule has 0 aliphatic rings. The third-order valence-corrected chi connectivity index (χ3v) is 2.89. The second-order valence-corrected chi connectivity index (χ2v) is 4.36. The predicted octanol–water partition coefficient (Wildman–Crippen LogP) is 3.30. The normalized spacial score (nSPS) is 10.7. The first-order chi connectivity index (χ1) is 9.63. The first-order valence-electron chi connectivity index (χ1n) is 5.58. The second-order valence-electron chi connectivity index (χ2n) is 3.95. The molecule has 100 valence electrons. The van der Waals surface area contributed by atoms with Gasteiger partial charge in [-0.15, -0.1) is 0 Å². The Morgan fingerprint density at radius 2 is 2.05 bits per heavy atom. The highest BCUT2D eigenvalue weighted by atomic mass is 35.5. The monoisotopic (exact) mass is 291 g/mol. The van der Waals surface area contributed by atoms with Crippen molar-refractivity contribution in [2.45, 2.75) is 0 Å². The maximum atomic E-state index is 12.8. The topological polar surface area (TPSA) is 72.0 Å². The fourth-order valence-electron chi connectivity index (χ4n) is 1.62. The fraction of sp³-hybridized carbons (Fsp3) is 0. The van der Waals surface area contributed by atoms with E-state index in [-0.39, 0.29) is 17.5 Å². The van der Waals surface area contributed by atoms with Crippen LogP contribution in [0, 0.1) is 5.82 Å². The quantitative estimate of drug-likeness (QED) is 0.784. The van der Waals surface area contributed by atoms with E-state index in [1.807, 2.05) is 0 Å². The van der Waals surface area contributed by atoms with E-state index in [2.05, 4.69) is 15.1 Å². The van der Waals surface area contributed by atoms with Gasteiger partial charge in [0.05, 0.1) is 16.8 Å². The molecule has 5 nitrogen and oxygen atoms in total. The van der Waals surface area contributed by atoms with Crippen LogP contribution in [0.25, 0.3) is 23.0 Å². The molecular formula is C13H7ClFN3O2. The molecule has 0 aliphatic heterocycles. The zero-order chi connectivity index (χ0) is 14.1. The van der Waals surface area contributed by atoms with Crippen molar-refractivity contribution < 1.29 is 14.0 Å². The molecule has 0 aliphatic carbocycles. The summed E-state index contributed by atoms with van der Waals surface area (Å²) in [5.41, 5.74) is 0.783. The number of phenolic OH excluding ortho intramolecular Hbond substituents is 1. The summed E-state index contributed by atoms with van der Waals surface area (Å²) in [7, 11) is 0. The first-order valence-corrected chi connectivity index (χ1v) is 5.96. The van der Waals surface area contributed by atoms with Crippen molar-refractivity contribution in [3.8, 4) is 28.7 Å². The van der Waals surface area contributed by atoms with Crippen LogP contribution >= 0.6 is 11.6 Å². The summed E-state index contributed by atoms with van der Waals surface area (Å²) in [5.74, 6) is -0.0658. The highest BCUT2D eigenvalue weighted by molar-refractivity contribution is 6.33. The van der Waals surface area contributed by atoms with Gasteiger partial charge >= 0.3 is 0 Å². The second kappa shape index (κ2) is 4.90. The van der Waals surface area contributed by atoms with Crippen molar-refractivity contribution in [3.63, 3.8) is 0 Å². The minimum absolute atomic E-state index is 0.0315. The Kier molecular flexibility index (Phi) is 3.08. The maximum absolute atomic E-state index is 12.8. The molecular weight excluding hydrogens is 285 g/mol. The Balaban J connectivity index is 2.01. The zero-order valence-electron chi connectivity index (χ0n) is 9.92. The van der Waals surface area contributed by atoms with Gasteiger partial charge in [0.25, 0.3) is 5.89 Å². The first kappa shape index (κ1) is 12.6. The SMILES string of the molecule is Oc1ccc(Cl)c(-c2nc(-c3ccc(F)cn3)no2)c1. The van der Waals surface area contributed by atoms with Gasteiger partial charge in [-0.3, -0.25) is 0 Å². The highest BCUT2D eigenvalue weighted by Gasteiger charge is 2.14. The van der Waals surface area contributed by atoms with Gasteiger partial charge in [0.1, 0.15) is 17.3 Å². The van der Waals surface area contributed by atoms with Crippen LogP contribution in [-0.2, 0) is 0 Å². The summed E-state index contributed by atoms with van der Waals surface area (Å²) < 4.78 is 17.9. The molecule has 7 heteroatoms. The lowest BCUT2D eigenvalue weighted by molar-refractivity contribution is 0.431. The summed E-state index contributed by atoms with van der Waals surface area (Å²) in [4.78, 5) is 7.98. The molecule has 2 aromatic heterocycles. The molecule has 0 fully saturated rings. The number of rotatable bonds is 2. The van der Waals surface area contributed by atoms with Gasteiger partial charge in [-0.1, -0.05) is 16.8 Å². The Morgan fingerprint density at radius 1 is 1.20 bits per heavy atom. The number of halogens is 2. The smallest absolute Gasteiger partial charge is 0.259 e. The number of aromatic nitrogens is 3. The van der Waals surface area contributed by atoms with Gasteiger partial charge in [0.2, 0.25) is 5.82 Å². The summed E-state index contributed by atoms with van der Waals surface area (Å²) in [5, 5.41) is 13.6. The molecule has 3 aromatic rings. The van der Waals surface area contributed by atoms with Crippen molar-refractivity contribution in [2.24, 2.45) is 0 Å². The number of benzene rings is 1. The lowest BCUT2D eigenvalue weighted by Gasteiger charge is -1.98. The maximum Gasteiger partial charge on any atom is 0.259 e. The molecule has 0 saturated heterocycles. The predicted molar refractivity (Wildman–Crippen MR) is 69.6 cm³/mol. The Labute approximate surface area is 117 Å². The standard InChI is InChI=1S/C13H7ClFN3O2/c14-10-3-2-8(19)5-9(10)13-17-12(18-20-13)11-4-1-7(15)6-16-11/h1-6,19H. The number of hydrogen-bond donors (Lipinski definition) is 1. The van der Waals surface area contributed by atoms with Crippen LogP contribution in [-0.4, -0.2) is 20.2 Å². The van der Waals surface area contributed by atoms with Gasteiger partial charge in [-0.25, -0.2) is 9.37 Å². The van der Waals surface area contributed by atoms with Crippen molar-refractivity contribution in [1.82, 2.24) is 15.1 Å². The van der Waals surface area contributed by atoms with Crippen LogP contribution in [0.1, 0.15) is 0 Å². The lowest BCUT2D eigenvalue weighted by Crippen LogP contribution is -1.86. The molecule has 2 heterocycles. The molecule has 20 heavy (non-hydrogen) atoms. The van der Waals surface area contributed by atoms with E-state index in [9.17, 15) is 9.50 Å². The summed E-state index contributed by atoms with van der Waals surface area (Å²) >= 11 is 6.00. The van der Waals surface area contributed by atoms with E-state index in [0.717, 1.165) is 6.20 Å². The van der Waals surface area contributed by atoms with Gasteiger partial charge in [-0.05, 0) is 30.3 Å². The minimum atomic E-state index is -0.450. The van der Waals surface area contributed by atoms with Gasteiger partial charge in [0, 0.05) is 0 Å². The third kappa shape index (κ3) is 2.33. The highest BCUT2D eigenvalue weighted by Crippen LogP contribution is 2.30. The molecule has 1 N–H and O–H groups in total. The van der Waals surface area contributed by atoms with Gasteiger partial charge < -0.3 is 9.63 Å². The minimum Gasteiger partial charge on any atom is -0.508 e. The average molecular weight is 292 g/mol. The molecule has 0 amide bonds. The number of nitrogens with zero attached hydrogens (tertiary/aromatic N) is 3. The van der Waals surface area contributed by atoms with Crippen molar-refractivity contribution in [3.05, 3.63) is 47.4 Å². The van der Waals surface area contributed by atoms with Crippen molar-refractivity contribution in [2.75, 3.05) is 0 Å². The fourth-order valence-corrected chi connectivity index (χ4v) is 1.82. The van der Waals surface area contributed by atoms with Gasteiger partial charge in [-0.2, -0.15) is 4.98 Å². The number of aromatic hydroxyl groups is 1. The van der Waals surface area contributed by atoms with Crippen molar-refractivity contribution in [1.29, 1.82) is 0 Å². The van der Waals surface area contributed by atoms with E-state index in [4.69, 9.17) is 16.1 Å². The van der Waals surface area contributed by atoms with E-state index in [1.54, 1.807) is 0 Å². The van der Waals surface area contributed by atoms with Crippen LogP contribution in [0.2, 0.25) is 5.02 Å². The van der Waals surface area contributed by atoms with Crippen LogP contribution in [0.4, 0.5) is 4.39 Å². The Hall–Kier alpha value is -2.47. The molecule has 3 rings (SSSR count). The number of phenols is 1. The Morgan fingerprint density at radius 3 is 2.80 bits per heavy atom. The molecule has 0 saturated carbocycles. The van der Waals surface area contributed by atoms with Crippen molar-refractivity contribution >= 4 is 11.6 Å². The molecule has 1 aromatic carbocycles. The van der Waals surface area contributed by atoms with Gasteiger partial charge in [0.15, 0.2) is 0 Å². The molecule has 0 spiro atoms. The Bertz CT molecular complexity index is 759. The largest absolute Gasteiger partial charge is 0.508 e. The lowest BCUT2D eigenvalue weighted by atomic mass is 10.2. The van der Waals surface area contributed by atoms with E-state index in [1.165, 1.54) is 30.3 Å². The molecule has 0 atom stereocenters. The molecule has 0 unspecified atom stereocenters. The number of pyridine rings is 1. The van der Waals surface area contributed by atoms with Crippen LogP contribution in [0.5, 0.6) is 5.75 Å². The summed E-state index contributed by atoms with van der Waals surface area (Å²) in [6.07, 6.45) is 1.06. The zero-order valence-corrected chi connectivity index (χ0v) is 10.7. The van der Waals surface area contributed by atoms with Crippen LogP contribution in [0.3, 0.4) is 0 Å². The van der Waals surface area contributed by atoms with E-state index in [0.29, 0.717) is 16.3 Å². The third-order valence-electron chi connectivity index (χ3n) is 2.56. The molecule has 0 radical (unpaired) electrons. The molecule has 0 bridgehead atoms. The average Bonchev–Trinajstić information content (AvgIpc) is 2.92. The van der Waals surface area contributed by atoms with E-state index >= 15 is 0 Å².